The summed E-state index contributed by atoms with van der Waals surface area (Å²) >= 11 is 0. The molecular weight excluding hydrogens is 440 g/mol. The Balaban J connectivity index is 1.64. The second kappa shape index (κ2) is 9.35. The van der Waals surface area contributed by atoms with Crippen molar-refractivity contribution in [2.75, 3.05) is 23.9 Å². The van der Waals surface area contributed by atoms with E-state index < -0.39 is 11.8 Å². The molecule has 1 aliphatic heterocycles. The fraction of sp³-hybridized carbons (Fsp3) is 0.103. The maximum absolute atomic E-state index is 13.9. The third kappa shape index (κ3) is 3.99. The van der Waals surface area contributed by atoms with Crippen LogP contribution in [-0.4, -0.2) is 25.5 Å². The van der Waals surface area contributed by atoms with Crippen LogP contribution in [-0.2, 0) is 9.59 Å². The molecule has 6 nitrogen and oxygen atoms in total. The van der Waals surface area contributed by atoms with E-state index >= 15 is 0 Å². The van der Waals surface area contributed by atoms with Gasteiger partial charge < -0.3 is 14.8 Å². The van der Waals surface area contributed by atoms with Crippen LogP contribution in [0.1, 0.15) is 12.5 Å². The standard InChI is InChI=1S/C29H24N2O4/c1-3-35-21-17-15-20(16-18-21)30-27-26(23-12-6-7-14-25(23)34-2)28(32)31(29(27)33)24-13-8-10-19-9-4-5-11-22(19)24/h4-18,30H,3H2,1-2H3. The molecule has 0 radical (unpaired) electrons. The summed E-state index contributed by atoms with van der Waals surface area (Å²) in [6.07, 6.45) is 0. The molecule has 0 aliphatic carbocycles. The number of benzene rings is 4. The van der Waals surface area contributed by atoms with Crippen LogP contribution in [0.15, 0.2) is 96.7 Å². The first-order valence-electron chi connectivity index (χ1n) is 11.4. The lowest BCUT2D eigenvalue weighted by Crippen LogP contribution is -2.32. The third-order valence-corrected chi connectivity index (χ3v) is 5.90. The Labute approximate surface area is 203 Å². The summed E-state index contributed by atoms with van der Waals surface area (Å²) in [6, 6.07) is 27.7. The molecule has 35 heavy (non-hydrogen) atoms. The number of imide groups is 1. The number of hydrogen-bond acceptors (Lipinski definition) is 5. The Morgan fingerprint density at radius 1 is 0.800 bits per heavy atom. The summed E-state index contributed by atoms with van der Waals surface area (Å²) in [5.41, 5.74) is 2.20. The monoisotopic (exact) mass is 464 g/mol. The van der Waals surface area contributed by atoms with E-state index in [4.69, 9.17) is 9.47 Å². The van der Waals surface area contributed by atoms with E-state index in [9.17, 15) is 9.59 Å². The molecule has 4 aromatic carbocycles. The average molecular weight is 465 g/mol. The Bertz CT molecular complexity index is 1450. The van der Waals surface area contributed by atoms with Crippen LogP contribution in [0.5, 0.6) is 11.5 Å². The van der Waals surface area contributed by atoms with Crippen LogP contribution >= 0.6 is 0 Å². The van der Waals surface area contributed by atoms with E-state index in [1.807, 2.05) is 79.7 Å². The predicted octanol–water partition coefficient (Wildman–Crippen LogP) is 5.64. The van der Waals surface area contributed by atoms with E-state index in [0.717, 1.165) is 16.5 Å². The maximum atomic E-state index is 13.9. The molecule has 0 atom stereocenters. The molecule has 2 amide bonds. The lowest BCUT2D eigenvalue weighted by atomic mass is 10.0. The minimum Gasteiger partial charge on any atom is -0.496 e. The molecule has 0 unspecified atom stereocenters. The summed E-state index contributed by atoms with van der Waals surface area (Å²) in [5.74, 6) is 0.392. The molecule has 4 aromatic rings. The number of methoxy groups -OCH3 is 1. The molecular formula is C29H24N2O4. The molecule has 0 spiro atoms. The van der Waals surface area contributed by atoms with Gasteiger partial charge in [-0.05, 0) is 48.7 Å². The largest absolute Gasteiger partial charge is 0.496 e. The zero-order chi connectivity index (χ0) is 24.4. The van der Waals surface area contributed by atoms with Crippen molar-refractivity contribution >= 4 is 39.5 Å². The molecule has 174 valence electrons. The first-order valence-corrected chi connectivity index (χ1v) is 11.4. The molecule has 1 N–H and O–H groups in total. The average Bonchev–Trinajstić information content (AvgIpc) is 3.13. The highest BCUT2D eigenvalue weighted by Crippen LogP contribution is 2.39. The topological polar surface area (TPSA) is 67.9 Å². The van der Waals surface area contributed by atoms with Gasteiger partial charge in [0.1, 0.15) is 17.2 Å². The quantitative estimate of drug-likeness (QED) is 0.358. The fourth-order valence-electron chi connectivity index (χ4n) is 4.31. The summed E-state index contributed by atoms with van der Waals surface area (Å²) in [4.78, 5) is 29.0. The van der Waals surface area contributed by atoms with Gasteiger partial charge in [0.25, 0.3) is 11.8 Å². The summed E-state index contributed by atoms with van der Waals surface area (Å²) in [7, 11) is 1.54. The summed E-state index contributed by atoms with van der Waals surface area (Å²) < 4.78 is 11.1. The van der Waals surface area contributed by atoms with Crippen LogP contribution in [0.4, 0.5) is 11.4 Å². The number of carbonyl (C=O) groups excluding carboxylic acids is 2. The third-order valence-electron chi connectivity index (χ3n) is 5.90. The number of amides is 2. The molecule has 0 saturated carbocycles. The molecule has 0 bridgehead atoms. The first kappa shape index (κ1) is 22.2. The van der Waals surface area contributed by atoms with Crippen molar-refractivity contribution in [2.24, 2.45) is 0 Å². The first-order chi connectivity index (χ1) is 17.1. The van der Waals surface area contributed by atoms with Crippen molar-refractivity contribution in [3.8, 4) is 11.5 Å². The zero-order valence-electron chi connectivity index (χ0n) is 19.4. The van der Waals surface area contributed by atoms with Gasteiger partial charge in [0, 0.05) is 16.6 Å². The van der Waals surface area contributed by atoms with Gasteiger partial charge in [0.05, 0.1) is 25.0 Å². The minimum atomic E-state index is -0.429. The van der Waals surface area contributed by atoms with Crippen molar-refractivity contribution in [3.63, 3.8) is 0 Å². The lowest BCUT2D eigenvalue weighted by Gasteiger charge is -2.18. The van der Waals surface area contributed by atoms with Gasteiger partial charge in [0.2, 0.25) is 0 Å². The highest BCUT2D eigenvalue weighted by Gasteiger charge is 2.41. The van der Waals surface area contributed by atoms with Crippen molar-refractivity contribution < 1.29 is 19.1 Å². The molecule has 6 heteroatoms. The number of nitrogens with one attached hydrogen (secondary N) is 1. The smallest absolute Gasteiger partial charge is 0.282 e. The molecule has 5 rings (SSSR count). The van der Waals surface area contributed by atoms with Crippen LogP contribution in [0.3, 0.4) is 0 Å². The van der Waals surface area contributed by atoms with Crippen molar-refractivity contribution in [1.29, 1.82) is 0 Å². The summed E-state index contributed by atoms with van der Waals surface area (Å²) in [5, 5.41) is 4.95. The Morgan fingerprint density at radius 3 is 2.29 bits per heavy atom. The SMILES string of the molecule is CCOc1ccc(NC2=C(c3ccccc3OC)C(=O)N(c3cccc4ccccc34)C2=O)cc1. The van der Waals surface area contributed by atoms with Crippen LogP contribution in [0.25, 0.3) is 16.3 Å². The van der Waals surface area contributed by atoms with Gasteiger partial charge in [-0.3, -0.25) is 9.59 Å². The Morgan fingerprint density at radius 2 is 1.51 bits per heavy atom. The predicted molar refractivity (Wildman–Crippen MR) is 138 cm³/mol. The van der Waals surface area contributed by atoms with Crippen LogP contribution in [0.2, 0.25) is 0 Å². The summed E-state index contributed by atoms with van der Waals surface area (Å²) in [6.45, 7) is 2.48. The van der Waals surface area contributed by atoms with Crippen LogP contribution < -0.4 is 19.7 Å². The van der Waals surface area contributed by atoms with Gasteiger partial charge in [-0.25, -0.2) is 4.90 Å². The van der Waals surface area contributed by atoms with Crippen molar-refractivity contribution in [1.82, 2.24) is 0 Å². The van der Waals surface area contributed by atoms with Gasteiger partial charge in [0.15, 0.2) is 0 Å². The van der Waals surface area contributed by atoms with Gasteiger partial charge in [-0.1, -0.05) is 54.6 Å². The normalized spacial score (nSPS) is 13.5. The van der Waals surface area contributed by atoms with Gasteiger partial charge in [-0.2, -0.15) is 0 Å². The number of anilines is 2. The lowest BCUT2D eigenvalue weighted by molar-refractivity contribution is -0.120. The van der Waals surface area contributed by atoms with E-state index in [-0.39, 0.29) is 11.3 Å². The molecule has 1 aliphatic rings. The number of para-hydroxylation sites is 1. The Kier molecular flexibility index (Phi) is 5.94. The number of ether oxygens (including phenoxy) is 2. The van der Waals surface area contributed by atoms with E-state index in [0.29, 0.717) is 29.3 Å². The molecule has 1 heterocycles. The Hall–Kier alpha value is -4.58. The molecule has 0 fully saturated rings. The van der Waals surface area contributed by atoms with Gasteiger partial charge in [-0.15, -0.1) is 0 Å². The number of rotatable bonds is 7. The minimum absolute atomic E-state index is 0.191. The van der Waals surface area contributed by atoms with E-state index in [1.165, 1.54) is 4.90 Å². The van der Waals surface area contributed by atoms with Gasteiger partial charge >= 0.3 is 0 Å². The second-order valence-corrected chi connectivity index (χ2v) is 7.98. The highest BCUT2D eigenvalue weighted by molar-refractivity contribution is 6.47. The number of fused-ring (bicyclic) bond motifs is 1. The zero-order valence-corrected chi connectivity index (χ0v) is 19.4. The maximum Gasteiger partial charge on any atom is 0.282 e. The number of hydrogen-bond donors (Lipinski definition) is 1. The van der Waals surface area contributed by atoms with E-state index in [2.05, 4.69) is 5.32 Å². The van der Waals surface area contributed by atoms with Crippen molar-refractivity contribution in [2.45, 2.75) is 6.92 Å². The number of carbonyl (C=O) groups is 2. The fourth-order valence-corrected chi connectivity index (χ4v) is 4.31. The van der Waals surface area contributed by atoms with Crippen LogP contribution in [0, 0.1) is 0 Å². The highest BCUT2D eigenvalue weighted by atomic mass is 16.5. The molecule has 0 aromatic heterocycles. The second-order valence-electron chi connectivity index (χ2n) is 7.98. The number of nitrogens with zero attached hydrogens (tertiary/aromatic N) is 1. The van der Waals surface area contributed by atoms with E-state index in [1.54, 1.807) is 25.3 Å². The van der Waals surface area contributed by atoms with Crippen molar-refractivity contribution in [3.05, 3.63) is 102 Å². The molecule has 0 saturated heterocycles.